The summed E-state index contributed by atoms with van der Waals surface area (Å²) in [5, 5.41) is 0. The van der Waals surface area contributed by atoms with Crippen LogP contribution in [0.4, 0.5) is 9.18 Å². The average molecular weight is 427 g/mol. The highest BCUT2D eigenvalue weighted by atomic mass is 32.2. The van der Waals surface area contributed by atoms with E-state index in [1.165, 1.54) is 12.1 Å². The smallest absolute Gasteiger partial charge is 0.410 e. The fourth-order valence-electron chi connectivity index (χ4n) is 3.64. The van der Waals surface area contributed by atoms with Crippen molar-refractivity contribution in [3.8, 4) is 5.75 Å². The number of nitrogens with one attached hydrogen (secondary N) is 1. The molecular weight excluding hydrogens is 395 g/mol. The van der Waals surface area contributed by atoms with Gasteiger partial charge in [-0.1, -0.05) is 6.07 Å². The molecule has 2 aliphatic heterocycles. The number of hydrogen-bond donors (Lipinski definition) is 1. The van der Waals surface area contributed by atoms with Gasteiger partial charge in [0.25, 0.3) is 0 Å². The Morgan fingerprint density at radius 1 is 1.24 bits per heavy atom. The van der Waals surface area contributed by atoms with E-state index in [1.54, 1.807) is 11.0 Å². The van der Waals surface area contributed by atoms with Gasteiger partial charge in [0, 0.05) is 37.6 Å². The summed E-state index contributed by atoms with van der Waals surface area (Å²) in [7, 11) is -1.33. The summed E-state index contributed by atoms with van der Waals surface area (Å²) < 4.78 is 41.1. The van der Waals surface area contributed by atoms with Crippen molar-refractivity contribution in [2.45, 2.75) is 76.4 Å². The Morgan fingerprint density at radius 3 is 2.41 bits per heavy atom. The molecule has 1 aromatic rings. The highest BCUT2D eigenvalue weighted by Crippen LogP contribution is 2.49. The van der Waals surface area contributed by atoms with Crippen LogP contribution in [-0.2, 0) is 15.7 Å². The molecular formula is C21H31FN2O4S. The van der Waals surface area contributed by atoms with Crippen molar-refractivity contribution in [2.24, 2.45) is 0 Å². The summed E-state index contributed by atoms with van der Waals surface area (Å²) in [5.41, 5.74) is -0.442. The molecule has 1 spiro atoms. The first kappa shape index (κ1) is 22.0. The van der Waals surface area contributed by atoms with Crippen molar-refractivity contribution in [1.29, 1.82) is 0 Å². The quantitative estimate of drug-likeness (QED) is 0.774. The van der Waals surface area contributed by atoms with Crippen molar-refractivity contribution >= 4 is 17.1 Å². The summed E-state index contributed by atoms with van der Waals surface area (Å²) in [6.45, 7) is 12.1. The van der Waals surface area contributed by atoms with Crippen molar-refractivity contribution in [3.05, 3.63) is 29.6 Å². The molecule has 0 unspecified atom stereocenters. The standard InChI is InChI=1S/C21H31FN2O4S/c1-19(2,3)28-18(25)24-11-9-21(10-12-24)17(23-29(26)20(4,5)6)15-8-7-14(22)13-16(15)27-21/h7-8,13,17,23H,9-12H2,1-6H3/t17-,29-/m1/s1. The van der Waals surface area contributed by atoms with E-state index < -0.39 is 26.9 Å². The van der Waals surface area contributed by atoms with Gasteiger partial charge in [0.1, 0.15) is 22.8 Å². The number of likely N-dealkylation sites (tertiary alicyclic amines) is 1. The van der Waals surface area contributed by atoms with Crippen LogP contribution in [0.2, 0.25) is 0 Å². The van der Waals surface area contributed by atoms with E-state index in [-0.39, 0.29) is 18.0 Å². The molecule has 2 atom stereocenters. The van der Waals surface area contributed by atoms with Gasteiger partial charge < -0.3 is 14.4 Å². The van der Waals surface area contributed by atoms with Crippen LogP contribution in [-0.4, -0.2) is 44.2 Å². The third-order valence-electron chi connectivity index (χ3n) is 5.17. The number of halogens is 1. The lowest BCUT2D eigenvalue weighted by atomic mass is 9.83. The minimum atomic E-state index is -1.33. The van der Waals surface area contributed by atoms with Gasteiger partial charge in [-0.05, 0) is 47.6 Å². The number of nitrogens with zero attached hydrogens (tertiary/aromatic N) is 1. The molecule has 6 nitrogen and oxygen atoms in total. The minimum Gasteiger partial charge on any atom is -0.485 e. The zero-order chi connectivity index (χ0) is 21.6. The number of carbonyl (C=O) groups is 1. The van der Waals surface area contributed by atoms with Crippen LogP contribution in [0.5, 0.6) is 5.75 Å². The molecule has 162 valence electrons. The van der Waals surface area contributed by atoms with Gasteiger partial charge in [-0.15, -0.1) is 0 Å². The number of piperidine rings is 1. The first-order valence-corrected chi connectivity index (χ1v) is 11.1. The first-order chi connectivity index (χ1) is 13.3. The third kappa shape index (κ3) is 4.74. The second-order valence-corrected chi connectivity index (χ2v) is 11.7. The van der Waals surface area contributed by atoms with E-state index in [0.29, 0.717) is 31.7 Å². The lowest BCUT2D eigenvalue weighted by Crippen LogP contribution is -2.55. The van der Waals surface area contributed by atoms with Crippen molar-refractivity contribution < 1.29 is 22.9 Å². The molecule has 0 saturated carbocycles. The molecule has 1 saturated heterocycles. The molecule has 0 bridgehead atoms. The Morgan fingerprint density at radius 2 is 1.86 bits per heavy atom. The number of rotatable bonds is 2. The predicted molar refractivity (Wildman–Crippen MR) is 111 cm³/mol. The van der Waals surface area contributed by atoms with Gasteiger partial charge in [0.05, 0.1) is 21.8 Å². The highest BCUT2D eigenvalue weighted by Gasteiger charge is 2.52. The van der Waals surface area contributed by atoms with Gasteiger partial charge in [-0.3, -0.25) is 0 Å². The molecule has 8 heteroatoms. The predicted octanol–water partition coefficient (Wildman–Crippen LogP) is 4.08. The summed E-state index contributed by atoms with van der Waals surface area (Å²) in [5.74, 6) is 0.0989. The Labute approximate surface area is 174 Å². The maximum absolute atomic E-state index is 13.8. The molecule has 0 radical (unpaired) electrons. The zero-order valence-corrected chi connectivity index (χ0v) is 18.8. The van der Waals surface area contributed by atoms with E-state index in [0.717, 1.165) is 5.56 Å². The fraction of sp³-hybridized carbons (Fsp3) is 0.667. The minimum absolute atomic E-state index is 0.348. The summed E-state index contributed by atoms with van der Waals surface area (Å²) >= 11 is 0. The van der Waals surface area contributed by atoms with Gasteiger partial charge in [-0.25, -0.2) is 18.1 Å². The van der Waals surface area contributed by atoms with Crippen LogP contribution in [0.25, 0.3) is 0 Å². The number of amides is 1. The second kappa shape index (κ2) is 7.54. The Kier molecular flexibility index (Phi) is 5.73. The molecule has 2 aliphatic rings. The first-order valence-electron chi connectivity index (χ1n) is 9.95. The fourth-order valence-corrected chi connectivity index (χ4v) is 4.55. The van der Waals surface area contributed by atoms with Crippen LogP contribution in [0.15, 0.2) is 18.2 Å². The van der Waals surface area contributed by atoms with Crippen molar-refractivity contribution in [1.82, 2.24) is 9.62 Å². The van der Waals surface area contributed by atoms with Crippen LogP contribution in [0.1, 0.15) is 66.0 Å². The Balaban J connectivity index is 1.82. The molecule has 2 heterocycles. The largest absolute Gasteiger partial charge is 0.485 e. The monoisotopic (exact) mass is 426 g/mol. The molecule has 0 aromatic heterocycles. The summed E-state index contributed by atoms with van der Waals surface area (Å²) in [6, 6.07) is 4.11. The molecule has 0 aliphatic carbocycles. The Bertz CT molecular complexity index is 808. The van der Waals surface area contributed by atoms with Crippen molar-refractivity contribution in [3.63, 3.8) is 0 Å². The second-order valence-electron chi connectivity index (χ2n) is 9.75. The number of hydrogen-bond acceptors (Lipinski definition) is 4. The van der Waals surface area contributed by atoms with Gasteiger partial charge in [0.15, 0.2) is 0 Å². The van der Waals surface area contributed by atoms with E-state index in [9.17, 15) is 13.4 Å². The summed E-state index contributed by atoms with van der Waals surface area (Å²) in [4.78, 5) is 14.1. The SMILES string of the molecule is CC(C)(C)OC(=O)N1CCC2(CC1)Oc1cc(F)ccc1[C@H]2N[S@](=O)C(C)(C)C. The average Bonchev–Trinajstić information content (AvgIpc) is 2.85. The van der Waals surface area contributed by atoms with Crippen molar-refractivity contribution in [2.75, 3.05) is 13.1 Å². The molecule has 3 rings (SSSR count). The van der Waals surface area contributed by atoms with E-state index in [1.807, 2.05) is 41.5 Å². The molecule has 29 heavy (non-hydrogen) atoms. The number of benzene rings is 1. The maximum atomic E-state index is 13.8. The van der Waals surface area contributed by atoms with Gasteiger partial charge in [-0.2, -0.15) is 0 Å². The number of carbonyl (C=O) groups excluding carboxylic acids is 1. The third-order valence-corrected chi connectivity index (χ3v) is 6.73. The van der Waals surface area contributed by atoms with E-state index >= 15 is 0 Å². The lowest BCUT2D eigenvalue weighted by Gasteiger charge is -2.42. The van der Waals surface area contributed by atoms with Crippen LogP contribution < -0.4 is 9.46 Å². The normalized spacial score (nSPS) is 22.2. The van der Waals surface area contributed by atoms with Gasteiger partial charge in [0.2, 0.25) is 0 Å². The molecule has 1 fully saturated rings. The highest BCUT2D eigenvalue weighted by molar-refractivity contribution is 7.84. The lowest BCUT2D eigenvalue weighted by molar-refractivity contribution is -0.0203. The number of ether oxygens (including phenoxy) is 2. The van der Waals surface area contributed by atoms with Crippen LogP contribution in [0.3, 0.4) is 0 Å². The molecule has 1 N–H and O–H groups in total. The van der Waals surface area contributed by atoms with E-state index in [4.69, 9.17) is 9.47 Å². The zero-order valence-electron chi connectivity index (χ0n) is 18.0. The van der Waals surface area contributed by atoms with Crippen LogP contribution in [0, 0.1) is 5.82 Å². The molecule has 1 amide bonds. The molecule has 1 aromatic carbocycles. The summed E-state index contributed by atoms with van der Waals surface area (Å²) in [6.07, 6.45) is 0.708. The number of fused-ring (bicyclic) bond motifs is 1. The maximum Gasteiger partial charge on any atom is 0.410 e. The van der Waals surface area contributed by atoms with Crippen LogP contribution >= 0.6 is 0 Å². The Hall–Kier alpha value is -1.67. The topological polar surface area (TPSA) is 67.9 Å². The van der Waals surface area contributed by atoms with E-state index in [2.05, 4.69) is 4.72 Å². The van der Waals surface area contributed by atoms with Gasteiger partial charge >= 0.3 is 6.09 Å².